The average molecular weight is 281 g/mol. The second-order valence-electron chi connectivity index (χ2n) is 4.26. The highest BCUT2D eigenvalue weighted by molar-refractivity contribution is 5.94. The highest BCUT2D eigenvalue weighted by Crippen LogP contribution is 2.30. The third-order valence-electron chi connectivity index (χ3n) is 2.79. The first-order valence-electron chi connectivity index (χ1n) is 6.16. The zero-order valence-corrected chi connectivity index (χ0v) is 10.7. The van der Waals surface area contributed by atoms with Gasteiger partial charge in [-0.3, -0.25) is 4.79 Å². The van der Waals surface area contributed by atoms with Crippen molar-refractivity contribution in [3.8, 4) is 11.5 Å². The number of aliphatic hydroxyl groups excluding tert-OH is 1. The Morgan fingerprint density at radius 1 is 1.25 bits per heavy atom. The quantitative estimate of drug-likeness (QED) is 0.703. The SMILES string of the molecule is O=C(NCCC(O)C(=O)O)c1ccc2c(c1)OCCO2. The lowest BCUT2D eigenvalue weighted by Gasteiger charge is -2.18. The molecule has 0 saturated heterocycles. The molecule has 0 spiro atoms. The number of nitrogens with one attached hydrogen (secondary N) is 1. The first kappa shape index (κ1) is 14.1. The van der Waals surface area contributed by atoms with Crippen molar-refractivity contribution in [2.45, 2.75) is 12.5 Å². The first-order chi connectivity index (χ1) is 9.58. The molecule has 1 aromatic carbocycles. The van der Waals surface area contributed by atoms with E-state index in [-0.39, 0.29) is 18.9 Å². The maximum absolute atomic E-state index is 11.8. The van der Waals surface area contributed by atoms with Gasteiger partial charge in [-0.25, -0.2) is 4.79 Å². The Morgan fingerprint density at radius 2 is 1.95 bits per heavy atom. The maximum Gasteiger partial charge on any atom is 0.332 e. The normalized spacial score (nSPS) is 14.4. The lowest BCUT2D eigenvalue weighted by Crippen LogP contribution is -2.30. The molecular formula is C13H15NO6. The van der Waals surface area contributed by atoms with E-state index >= 15 is 0 Å². The zero-order chi connectivity index (χ0) is 14.5. The van der Waals surface area contributed by atoms with Gasteiger partial charge < -0.3 is 25.0 Å². The number of carbonyl (C=O) groups excluding carboxylic acids is 1. The fourth-order valence-electron chi connectivity index (χ4n) is 1.73. The number of hydrogen-bond donors (Lipinski definition) is 3. The van der Waals surface area contributed by atoms with Crippen molar-refractivity contribution >= 4 is 11.9 Å². The number of aliphatic carboxylic acids is 1. The minimum absolute atomic E-state index is 0.0500. The number of carboxylic acids is 1. The fraction of sp³-hybridized carbons (Fsp3) is 0.385. The molecule has 0 radical (unpaired) electrons. The molecule has 1 amide bonds. The minimum atomic E-state index is -1.48. The summed E-state index contributed by atoms with van der Waals surface area (Å²) in [7, 11) is 0. The van der Waals surface area contributed by atoms with E-state index in [9.17, 15) is 9.59 Å². The summed E-state index contributed by atoms with van der Waals surface area (Å²) in [5, 5.41) is 20.1. The molecule has 1 unspecified atom stereocenters. The van der Waals surface area contributed by atoms with Gasteiger partial charge in [0.15, 0.2) is 17.6 Å². The van der Waals surface area contributed by atoms with Crippen molar-refractivity contribution < 1.29 is 29.3 Å². The van der Waals surface area contributed by atoms with Crippen LogP contribution in [0.25, 0.3) is 0 Å². The van der Waals surface area contributed by atoms with Crippen LogP contribution in [-0.4, -0.2) is 48.0 Å². The van der Waals surface area contributed by atoms with Gasteiger partial charge in [0, 0.05) is 18.5 Å². The Labute approximate surface area is 115 Å². The zero-order valence-electron chi connectivity index (χ0n) is 10.7. The molecule has 1 aliphatic rings. The Hall–Kier alpha value is -2.28. The number of benzene rings is 1. The second-order valence-corrected chi connectivity index (χ2v) is 4.26. The van der Waals surface area contributed by atoms with Crippen molar-refractivity contribution in [3.05, 3.63) is 23.8 Å². The number of rotatable bonds is 5. The van der Waals surface area contributed by atoms with Crippen LogP contribution >= 0.6 is 0 Å². The van der Waals surface area contributed by atoms with Gasteiger partial charge in [0.2, 0.25) is 0 Å². The third kappa shape index (κ3) is 3.39. The monoisotopic (exact) mass is 281 g/mol. The van der Waals surface area contributed by atoms with Crippen LogP contribution in [0.2, 0.25) is 0 Å². The Bertz CT molecular complexity index is 516. The first-order valence-corrected chi connectivity index (χ1v) is 6.16. The van der Waals surface area contributed by atoms with Crippen molar-refractivity contribution in [2.24, 2.45) is 0 Å². The van der Waals surface area contributed by atoms with Gasteiger partial charge in [-0.1, -0.05) is 0 Å². The molecular weight excluding hydrogens is 266 g/mol. The number of aliphatic hydroxyl groups is 1. The van der Waals surface area contributed by atoms with E-state index in [0.29, 0.717) is 30.3 Å². The van der Waals surface area contributed by atoms with E-state index < -0.39 is 12.1 Å². The van der Waals surface area contributed by atoms with E-state index in [4.69, 9.17) is 19.7 Å². The molecule has 3 N–H and O–H groups in total. The molecule has 7 heteroatoms. The summed E-state index contributed by atoms with van der Waals surface area (Å²) < 4.78 is 10.7. The van der Waals surface area contributed by atoms with Crippen LogP contribution in [0, 0.1) is 0 Å². The van der Waals surface area contributed by atoms with Gasteiger partial charge in [-0.05, 0) is 18.2 Å². The van der Waals surface area contributed by atoms with Gasteiger partial charge in [0.05, 0.1) is 0 Å². The maximum atomic E-state index is 11.8. The number of hydrogen-bond acceptors (Lipinski definition) is 5. The summed E-state index contributed by atoms with van der Waals surface area (Å²) in [5.41, 5.74) is 0.388. The lowest BCUT2D eigenvalue weighted by molar-refractivity contribution is -0.146. The van der Waals surface area contributed by atoms with E-state index in [1.807, 2.05) is 0 Å². The topological polar surface area (TPSA) is 105 Å². The van der Waals surface area contributed by atoms with Crippen molar-refractivity contribution in [3.63, 3.8) is 0 Å². The Balaban J connectivity index is 1.91. The molecule has 1 atom stereocenters. The van der Waals surface area contributed by atoms with Crippen LogP contribution in [0.5, 0.6) is 11.5 Å². The number of carbonyl (C=O) groups is 2. The summed E-state index contributed by atoms with van der Waals surface area (Å²) in [6.07, 6.45) is -1.53. The summed E-state index contributed by atoms with van der Waals surface area (Å²) in [4.78, 5) is 22.3. The van der Waals surface area contributed by atoms with Crippen LogP contribution in [-0.2, 0) is 4.79 Å². The molecule has 2 rings (SSSR count). The molecule has 108 valence electrons. The fourth-order valence-corrected chi connectivity index (χ4v) is 1.73. The van der Waals surface area contributed by atoms with Gasteiger partial charge in [-0.15, -0.1) is 0 Å². The molecule has 0 fully saturated rings. The predicted octanol–water partition coefficient (Wildman–Crippen LogP) is 0.0232. The summed E-state index contributed by atoms with van der Waals surface area (Å²) in [6, 6.07) is 4.81. The molecule has 1 aliphatic heterocycles. The molecule has 1 aromatic rings. The molecule has 0 bridgehead atoms. The van der Waals surface area contributed by atoms with Gasteiger partial charge >= 0.3 is 5.97 Å². The molecule has 0 aliphatic carbocycles. The minimum Gasteiger partial charge on any atom is -0.486 e. The smallest absolute Gasteiger partial charge is 0.332 e. The van der Waals surface area contributed by atoms with E-state index in [0.717, 1.165) is 0 Å². The largest absolute Gasteiger partial charge is 0.486 e. The number of ether oxygens (including phenoxy) is 2. The molecule has 20 heavy (non-hydrogen) atoms. The third-order valence-corrected chi connectivity index (χ3v) is 2.79. The summed E-state index contributed by atoms with van der Waals surface area (Å²) in [5.74, 6) is -0.568. The van der Waals surface area contributed by atoms with Gasteiger partial charge in [-0.2, -0.15) is 0 Å². The molecule has 0 saturated carbocycles. The van der Waals surface area contributed by atoms with Crippen LogP contribution in [0.15, 0.2) is 18.2 Å². The van der Waals surface area contributed by atoms with Gasteiger partial charge in [0.25, 0.3) is 5.91 Å². The van der Waals surface area contributed by atoms with Gasteiger partial charge in [0.1, 0.15) is 13.2 Å². The van der Waals surface area contributed by atoms with Crippen LogP contribution in [0.3, 0.4) is 0 Å². The highest BCUT2D eigenvalue weighted by atomic mass is 16.6. The number of amides is 1. The molecule has 7 nitrogen and oxygen atoms in total. The summed E-state index contributed by atoms with van der Waals surface area (Å²) in [6.45, 7) is 0.981. The molecule has 1 heterocycles. The van der Waals surface area contributed by atoms with Crippen molar-refractivity contribution in [1.29, 1.82) is 0 Å². The second kappa shape index (κ2) is 6.25. The van der Waals surface area contributed by atoms with Crippen molar-refractivity contribution in [1.82, 2.24) is 5.32 Å². The summed E-state index contributed by atoms with van der Waals surface area (Å²) >= 11 is 0. The Morgan fingerprint density at radius 3 is 2.65 bits per heavy atom. The molecule has 0 aromatic heterocycles. The predicted molar refractivity (Wildman–Crippen MR) is 68.0 cm³/mol. The number of carboxylic acid groups (broad SMARTS) is 1. The van der Waals surface area contributed by atoms with E-state index in [2.05, 4.69) is 5.32 Å². The van der Waals surface area contributed by atoms with E-state index in [1.54, 1.807) is 18.2 Å². The standard InChI is InChI=1S/C13H15NO6/c15-9(13(17)18)3-4-14-12(16)8-1-2-10-11(7-8)20-6-5-19-10/h1-2,7,9,15H,3-6H2,(H,14,16)(H,17,18). The number of fused-ring (bicyclic) bond motifs is 1. The van der Waals surface area contributed by atoms with Crippen LogP contribution in [0.1, 0.15) is 16.8 Å². The highest BCUT2D eigenvalue weighted by Gasteiger charge is 2.16. The Kier molecular flexibility index (Phi) is 4.41. The van der Waals surface area contributed by atoms with Crippen LogP contribution < -0.4 is 14.8 Å². The van der Waals surface area contributed by atoms with E-state index in [1.165, 1.54) is 0 Å². The van der Waals surface area contributed by atoms with Crippen molar-refractivity contribution in [2.75, 3.05) is 19.8 Å². The lowest BCUT2D eigenvalue weighted by atomic mass is 10.1. The average Bonchev–Trinajstić information content (AvgIpc) is 2.46. The van der Waals surface area contributed by atoms with Crippen LogP contribution in [0.4, 0.5) is 0 Å².